The van der Waals surface area contributed by atoms with Crippen LogP contribution in [0.15, 0.2) is 5.11 Å². The lowest BCUT2D eigenvalue weighted by Gasteiger charge is -2.16. The summed E-state index contributed by atoms with van der Waals surface area (Å²) >= 11 is 1.90. The SMILES string of the molecule is CC(C)(C)SCCCN=[N+]=[N-]. The molecule has 0 aromatic carbocycles. The Morgan fingerprint density at radius 3 is 2.55 bits per heavy atom. The maximum atomic E-state index is 7.98. The third-order valence-corrected chi connectivity index (χ3v) is 2.36. The van der Waals surface area contributed by atoms with Crippen LogP contribution >= 0.6 is 11.8 Å². The second-order valence-corrected chi connectivity index (χ2v) is 5.19. The molecule has 0 rings (SSSR count). The normalized spacial score (nSPS) is 10.8. The van der Waals surface area contributed by atoms with Crippen molar-refractivity contribution in [3.05, 3.63) is 10.4 Å². The van der Waals surface area contributed by atoms with Gasteiger partial charge in [0.25, 0.3) is 0 Å². The third-order valence-electron chi connectivity index (χ3n) is 1.00. The molecule has 0 saturated carbocycles. The van der Waals surface area contributed by atoms with Crippen molar-refractivity contribution in [1.29, 1.82) is 0 Å². The first-order chi connectivity index (χ1) is 5.06. The summed E-state index contributed by atoms with van der Waals surface area (Å²) in [7, 11) is 0. The van der Waals surface area contributed by atoms with E-state index in [9.17, 15) is 0 Å². The topological polar surface area (TPSA) is 48.8 Å². The predicted molar refractivity (Wildman–Crippen MR) is 50.8 cm³/mol. The van der Waals surface area contributed by atoms with Crippen molar-refractivity contribution in [3.63, 3.8) is 0 Å². The molecule has 0 heterocycles. The van der Waals surface area contributed by atoms with Gasteiger partial charge in [-0.1, -0.05) is 25.9 Å². The van der Waals surface area contributed by atoms with E-state index in [1.165, 1.54) is 0 Å². The summed E-state index contributed by atoms with van der Waals surface area (Å²) in [5.41, 5.74) is 7.98. The van der Waals surface area contributed by atoms with Crippen LogP contribution in [-0.2, 0) is 0 Å². The van der Waals surface area contributed by atoms with E-state index in [1.807, 2.05) is 11.8 Å². The van der Waals surface area contributed by atoms with Crippen molar-refractivity contribution in [2.45, 2.75) is 31.9 Å². The van der Waals surface area contributed by atoms with Crippen molar-refractivity contribution < 1.29 is 0 Å². The van der Waals surface area contributed by atoms with Gasteiger partial charge < -0.3 is 0 Å². The number of rotatable bonds is 4. The van der Waals surface area contributed by atoms with E-state index in [0.29, 0.717) is 11.3 Å². The van der Waals surface area contributed by atoms with Crippen molar-refractivity contribution in [2.75, 3.05) is 12.3 Å². The van der Waals surface area contributed by atoms with Crippen LogP contribution in [0.25, 0.3) is 10.4 Å². The van der Waals surface area contributed by atoms with Gasteiger partial charge in [-0.25, -0.2) is 0 Å². The summed E-state index contributed by atoms with van der Waals surface area (Å²) in [6, 6.07) is 0. The molecule has 0 radical (unpaired) electrons. The standard InChI is InChI=1S/C7H15N3S/c1-7(2,3)11-6-4-5-9-10-8/h4-6H2,1-3H3. The van der Waals surface area contributed by atoms with Crippen LogP contribution in [0.5, 0.6) is 0 Å². The van der Waals surface area contributed by atoms with E-state index in [4.69, 9.17) is 5.53 Å². The first-order valence-corrected chi connectivity index (χ1v) is 4.69. The van der Waals surface area contributed by atoms with E-state index >= 15 is 0 Å². The van der Waals surface area contributed by atoms with Gasteiger partial charge in [0.05, 0.1) is 0 Å². The summed E-state index contributed by atoms with van der Waals surface area (Å²) < 4.78 is 0.330. The van der Waals surface area contributed by atoms with Gasteiger partial charge in [-0.3, -0.25) is 0 Å². The average Bonchev–Trinajstić information content (AvgIpc) is 1.85. The molecule has 11 heavy (non-hydrogen) atoms. The molecule has 0 aromatic heterocycles. The van der Waals surface area contributed by atoms with Crippen molar-refractivity contribution in [1.82, 2.24) is 0 Å². The smallest absolute Gasteiger partial charge is 0.0265 e. The molecule has 0 bridgehead atoms. The molecule has 0 saturated heterocycles. The molecule has 0 unspecified atom stereocenters. The Labute approximate surface area is 72.2 Å². The van der Waals surface area contributed by atoms with E-state index in [0.717, 1.165) is 12.2 Å². The molecule has 0 aromatic rings. The van der Waals surface area contributed by atoms with Crippen molar-refractivity contribution in [3.8, 4) is 0 Å². The molecule has 0 N–H and O–H groups in total. The van der Waals surface area contributed by atoms with E-state index in [-0.39, 0.29) is 0 Å². The highest BCUT2D eigenvalue weighted by Gasteiger charge is 2.08. The summed E-state index contributed by atoms with van der Waals surface area (Å²) in [4.78, 5) is 2.69. The zero-order valence-corrected chi connectivity index (χ0v) is 8.19. The fourth-order valence-electron chi connectivity index (χ4n) is 0.558. The van der Waals surface area contributed by atoms with E-state index in [2.05, 4.69) is 30.8 Å². The maximum absolute atomic E-state index is 7.98. The number of azide groups is 1. The summed E-state index contributed by atoms with van der Waals surface area (Å²) in [6.45, 7) is 7.18. The Hall–Kier alpha value is -0.340. The van der Waals surface area contributed by atoms with Crippen LogP contribution in [0, 0.1) is 0 Å². The minimum atomic E-state index is 0.330. The summed E-state index contributed by atoms with van der Waals surface area (Å²) in [5, 5.41) is 3.46. The Kier molecular flexibility index (Phi) is 5.16. The van der Waals surface area contributed by atoms with Gasteiger partial charge in [0, 0.05) is 16.2 Å². The number of nitrogens with zero attached hydrogens (tertiary/aromatic N) is 3. The van der Waals surface area contributed by atoms with Crippen LogP contribution < -0.4 is 0 Å². The minimum Gasteiger partial charge on any atom is -0.156 e. The Morgan fingerprint density at radius 2 is 2.09 bits per heavy atom. The summed E-state index contributed by atoms with van der Waals surface area (Å²) in [6.07, 6.45) is 0.978. The van der Waals surface area contributed by atoms with Crippen LogP contribution in [0.3, 0.4) is 0 Å². The first kappa shape index (κ1) is 10.7. The largest absolute Gasteiger partial charge is 0.156 e. The van der Waals surface area contributed by atoms with E-state index in [1.54, 1.807) is 0 Å². The molecular weight excluding hydrogens is 158 g/mol. The van der Waals surface area contributed by atoms with Gasteiger partial charge in [-0.05, 0) is 17.7 Å². The molecule has 0 fully saturated rings. The quantitative estimate of drug-likeness (QED) is 0.279. The monoisotopic (exact) mass is 173 g/mol. The van der Waals surface area contributed by atoms with E-state index < -0.39 is 0 Å². The fourth-order valence-corrected chi connectivity index (χ4v) is 1.44. The lowest BCUT2D eigenvalue weighted by atomic mass is 10.3. The van der Waals surface area contributed by atoms with Crippen molar-refractivity contribution in [2.24, 2.45) is 5.11 Å². The second-order valence-electron chi connectivity index (χ2n) is 3.27. The highest BCUT2D eigenvalue weighted by molar-refractivity contribution is 8.00. The highest BCUT2D eigenvalue weighted by Crippen LogP contribution is 2.23. The van der Waals surface area contributed by atoms with Crippen LogP contribution in [0.1, 0.15) is 27.2 Å². The fraction of sp³-hybridized carbons (Fsp3) is 1.00. The van der Waals surface area contributed by atoms with Crippen LogP contribution in [0.4, 0.5) is 0 Å². The maximum Gasteiger partial charge on any atom is 0.0265 e. The molecule has 0 atom stereocenters. The second kappa shape index (κ2) is 5.33. The molecule has 0 spiro atoms. The Bertz CT molecular complexity index is 144. The van der Waals surface area contributed by atoms with Crippen molar-refractivity contribution >= 4 is 11.8 Å². The number of hydrogen-bond donors (Lipinski definition) is 0. The average molecular weight is 173 g/mol. The molecule has 4 heteroatoms. The Balaban J connectivity index is 3.21. The lowest BCUT2D eigenvalue weighted by Crippen LogP contribution is -2.08. The van der Waals surface area contributed by atoms with Crippen LogP contribution in [0.2, 0.25) is 0 Å². The molecular formula is C7H15N3S. The highest BCUT2D eigenvalue weighted by atomic mass is 32.2. The molecule has 0 aliphatic rings. The third kappa shape index (κ3) is 9.66. The molecule has 0 aliphatic carbocycles. The van der Waals surface area contributed by atoms with Gasteiger partial charge in [0.2, 0.25) is 0 Å². The first-order valence-electron chi connectivity index (χ1n) is 3.71. The number of thioether (sulfide) groups is 1. The predicted octanol–water partition coefficient (Wildman–Crippen LogP) is 3.22. The van der Waals surface area contributed by atoms with Gasteiger partial charge in [-0.2, -0.15) is 11.8 Å². The zero-order chi connectivity index (χ0) is 8.74. The molecule has 0 amide bonds. The minimum absolute atomic E-state index is 0.330. The van der Waals surface area contributed by atoms with Gasteiger partial charge in [0.15, 0.2) is 0 Å². The van der Waals surface area contributed by atoms with Gasteiger partial charge in [-0.15, -0.1) is 0 Å². The van der Waals surface area contributed by atoms with Crippen LogP contribution in [-0.4, -0.2) is 17.0 Å². The number of hydrogen-bond acceptors (Lipinski definition) is 2. The molecule has 3 nitrogen and oxygen atoms in total. The molecule has 64 valence electrons. The molecule has 0 aliphatic heterocycles. The van der Waals surface area contributed by atoms with Gasteiger partial charge >= 0.3 is 0 Å². The lowest BCUT2D eigenvalue weighted by molar-refractivity contribution is 0.797. The summed E-state index contributed by atoms with van der Waals surface area (Å²) in [5.74, 6) is 1.07. The Morgan fingerprint density at radius 1 is 1.45 bits per heavy atom. The zero-order valence-electron chi connectivity index (χ0n) is 7.37. The van der Waals surface area contributed by atoms with Gasteiger partial charge in [0.1, 0.15) is 0 Å².